The van der Waals surface area contributed by atoms with E-state index in [1.807, 2.05) is 0 Å². The number of aliphatic carboxylic acids is 2. The van der Waals surface area contributed by atoms with Crippen molar-refractivity contribution in [2.75, 3.05) is 0 Å². The molecular formula is C9H8BrClO4. The van der Waals surface area contributed by atoms with Crippen molar-refractivity contribution in [1.29, 1.82) is 0 Å². The van der Waals surface area contributed by atoms with Crippen LogP contribution in [0.2, 0.25) is 0 Å². The number of carboxylic acids is 2. The Kier molecular flexibility index (Phi) is 3.25. The molecule has 1 aliphatic carbocycles. The van der Waals surface area contributed by atoms with Crippen molar-refractivity contribution in [3.8, 4) is 0 Å². The average Bonchev–Trinajstić information content (AvgIpc) is 2.10. The summed E-state index contributed by atoms with van der Waals surface area (Å²) in [5.41, 5.74) is -1.32. The topological polar surface area (TPSA) is 74.6 Å². The zero-order chi connectivity index (χ0) is 11.8. The highest BCUT2D eigenvalue weighted by Gasteiger charge is 2.38. The van der Waals surface area contributed by atoms with Crippen molar-refractivity contribution in [2.45, 2.75) is 13.3 Å². The van der Waals surface area contributed by atoms with Gasteiger partial charge >= 0.3 is 11.9 Å². The molecule has 2 N–H and O–H groups in total. The minimum absolute atomic E-state index is 0.0567. The molecule has 82 valence electrons. The third kappa shape index (κ3) is 2.23. The van der Waals surface area contributed by atoms with Crippen molar-refractivity contribution in [2.24, 2.45) is 5.41 Å². The summed E-state index contributed by atoms with van der Waals surface area (Å²) < 4.78 is 0.303. The van der Waals surface area contributed by atoms with Crippen LogP contribution in [0.3, 0.4) is 0 Å². The molecule has 4 nitrogen and oxygen atoms in total. The van der Waals surface area contributed by atoms with Crippen molar-refractivity contribution < 1.29 is 19.8 Å². The van der Waals surface area contributed by atoms with E-state index in [2.05, 4.69) is 15.9 Å². The molecule has 1 rings (SSSR count). The van der Waals surface area contributed by atoms with E-state index >= 15 is 0 Å². The molecule has 0 aromatic heterocycles. The number of rotatable bonds is 2. The van der Waals surface area contributed by atoms with Crippen LogP contribution in [0.15, 0.2) is 21.2 Å². The van der Waals surface area contributed by atoms with Crippen LogP contribution >= 0.6 is 27.5 Å². The summed E-state index contributed by atoms with van der Waals surface area (Å²) in [6.45, 7) is 1.45. The fraction of sp³-hybridized carbons (Fsp3) is 0.333. The number of halogens is 2. The Morgan fingerprint density at radius 2 is 2.07 bits per heavy atom. The zero-order valence-corrected chi connectivity index (χ0v) is 10.1. The fourth-order valence-electron chi connectivity index (χ4n) is 1.29. The quantitative estimate of drug-likeness (QED) is 0.820. The van der Waals surface area contributed by atoms with Gasteiger partial charge < -0.3 is 10.2 Å². The van der Waals surface area contributed by atoms with Gasteiger partial charge in [0, 0.05) is 10.9 Å². The molecule has 0 fully saturated rings. The Hall–Kier alpha value is -0.810. The van der Waals surface area contributed by atoms with Gasteiger partial charge in [0.15, 0.2) is 0 Å². The first-order chi connectivity index (χ1) is 6.78. The maximum absolute atomic E-state index is 11.0. The Labute approximate surface area is 99.4 Å². The molecular weight excluding hydrogens is 287 g/mol. The second-order valence-electron chi connectivity index (χ2n) is 3.49. The summed E-state index contributed by atoms with van der Waals surface area (Å²) >= 11 is 8.80. The largest absolute Gasteiger partial charge is 0.481 e. The lowest BCUT2D eigenvalue weighted by atomic mass is 9.80. The predicted molar refractivity (Wildman–Crippen MR) is 57.9 cm³/mol. The molecule has 0 saturated heterocycles. The molecule has 0 amide bonds. The normalized spacial score (nSPS) is 26.2. The SMILES string of the molecule is CC1(C(=O)O)C=C(Br)C(Cl)=C(C(=O)O)C1. The molecule has 0 aromatic carbocycles. The highest BCUT2D eigenvalue weighted by atomic mass is 79.9. The smallest absolute Gasteiger partial charge is 0.333 e. The molecule has 0 radical (unpaired) electrons. The van der Waals surface area contributed by atoms with Crippen molar-refractivity contribution >= 4 is 39.5 Å². The van der Waals surface area contributed by atoms with E-state index in [-0.39, 0.29) is 17.0 Å². The molecule has 15 heavy (non-hydrogen) atoms. The summed E-state index contributed by atoms with van der Waals surface area (Å²) in [5.74, 6) is -2.28. The molecule has 6 heteroatoms. The van der Waals surface area contributed by atoms with Gasteiger partial charge in [0.2, 0.25) is 0 Å². The summed E-state index contributed by atoms with van der Waals surface area (Å²) in [7, 11) is 0. The van der Waals surface area contributed by atoms with Crippen LogP contribution < -0.4 is 0 Å². The van der Waals surface area contributed by atoms with Gasteiger partial charge in [0.25, 0.3) is 0 Å². The summed E-state index contributed by atoms with van der Waals surface area (Å²) in [6.07, 6.45) is 1.29. The Morgan fingerprint density at radius 3 is 2.47 bits per heavy atom. The van der Waals surface area contributed by atoms with Crippen LogP contribution in [0.25, 0.3) is 0 Å². The monoisotopic (exact) mass is 294 g/mol. The number of carbonyl (C=O) groups is 2. The Balaban J connectivity index is 3.23. The van der Waals surface area contributed by atoms with Gasteiger partial charge in [0.1, 0.15) is 0 Å². The predicted octanol–water partition coefficient (Wildman–Crippen LogP) is 2.34. The molecule has 1 aliphatic rings. The average molecular weight is 296 g/mol. The third-order valence-corrected chi connectivity index (χ3v) is 3.50. The van der Waals surface area contributed by atoms with Gasteiger partial charge in [0.05, 0.1) is 16.0 Å². The Bertz CT molecular complexity index is 399. The standard InChI is InChI=1S/C9H8BrClO4/c1-9(8(14)15)2-4(7(12)13)6(11)5(10)3-9/h3H,2H2,1H3,(H,12,13)(H,14,15). The molecule has 0 aromatic rings. The van der Waals surface area contributed by atoms with Crippen LogP contribution in [-0.4, -0.2) is 22.2 Å². The van der Waals surface area contributed by atoms with Crippen LogP contribution in [0.1, 0.15) is 13.3 Å². The minimum atomic E-state index is -1.23. The van der Waals surface area contributed by atoms with Crippen molar-refractivity contribution in [3.05, 3.63) is 21.2 Å². The fourth-order valence-corrected chi connectivity index (χ4v) is 2.24. The molecule has 1 unspecified atom stereocenters. The van der Waals surface area contributed by atoms with E-state index in [1.165, 1.54) is 13.0 Å². The maximum Gasteiger partial charge on any atom is 0.333 e. The van der Waals surface area contributed by atoms with E-state index in [1.54, 1.807) is 0 Å². The summed E-state index contributed by atoms with van der Waals surface area (Å²) in [5, 5.41) is 17.9. The summed E-state index contributed by atoms with van der Waals surface area (Å²) in [6, 6.07) is 0. The first-order valence-corrected chi connectivity index (χ1v) is 5.19. The number of allylic oxidation sites excluding steroid dienone is 2. The summed E-state index contributed by atoms with van der Waals surface area (Å²) in [4.78, 5) is 21.8. The third-order valence-electron chi connectivity index (χ3n) is 2.21. The van der Waals surface area contributed by atoms with Crippen LogP contribution in [0.4, 0.5) is 0 Å². The van der Waals surface area contributed by atoms with Gasteiger partial charge in [-0.25, -0.2) is 4.79 Å². The van der Waals surface area contributed by atoms with E-state index in [0.717, 1.165) is 0 Å². The lowest BCUT2D eigenvalue weighted by Gasteiger charge is -2.26. The van der Waals surface area contributed by atoms with Gasteiger partial charge in [-0.1, -0.05) is 17.7 Å². The van der Waals surface area contributed by atoms with Crippen LogP contribution in [0, 0.1) is 5.41 Å². The zero-order valence-electron chi connectivity index (χ0n) is 7.75. The second-order valence-corrected chi connectivity index (χ2v) is 4.72. The first-order valence-electron chi connectivity index (χ1n) is 4.02. The van der Waals surface area contributed by atoms with Gasteiger partial charge in [-0.05, 0) is 22.9 Å². The van der Waals surface area contributed by atoms with E-state index < -0.39 is 17.4 Å². The van der Waals surface area contributed by atoms with Crippen LogP contribution in [-0.2, 0) is 9.59 Å². The number of carboxylic acid groups (broad SMARTS) is 2. The molecule has 0 aliphatic heterocycles. The number of hydrogen-bond donors (Lipinski definition) is 2. The molecule has 0 bridgehead atoms. The lowest BCUT2D eigenvalue weighted by Crippen LogP contribution is -2.30. The molecule has 1 atom stereocenters. The van der Waals surface area contributed by atoms with Crippen LogP contribution in [0.5, 0.6) is 0 Å². The van der Waals surface area contributed by atoms with E-state index in [0.29, 0.717) is 4.48 Å². The molecule has 0 spiro atoms. The van der Waals surface area contributed by atoms with E-state index in [4.69, 9.17) is 21.8 Å². The Morgan fingerprint density at radius 1 is 1.53 bits per heavy atom. The lowest BCUT2D eigenvalue weighted by molar-refractivity contribution is -0.145. The highest BCUT2D eigenvalue weighted by Crippen LogP contribution is 2.41. The highest BCUT2D eigenvalue weighted by molar-refractivity contribution is 9.12. The van der Waals surface area contributed by atoms with E-state index in [9.17, 15) is 9.59 Å². The minimum Gasteiger partial charge on any atom is -0.481 e. The maximum atomic E-state index is 11.0. The molecule has 0 saturated carbocycles. The first kappa shape index (κ1) is 12.3. The van der Waals surface area contributed by atoms with Gasteiger partial charge in [-0.3, -0.25) is 4.79 Å². The van der Waals surface area contributed by atoms with Crippen molar-refractivity contribution in [3.63, 3.8) is 0 Å². The molecule has 0 heterocycles. The van der Waals surface area contributed by atoms with Gasteiger partial charge in [-0.2, -0.15) is 0 Å². The number of hydrogen-bond acceptors (Lipinski definition) is 2. The van der Waals surface area contributed by atoms with Crippen molar-refractivity contribution in [1.82, 2.24) is 0 Å². The van der Waals surface area contributed by atoms with Gasteiger partial charge in [-0.15, -0.1) is 0 Å². The second kappa shape index (κ2) is 3.98.